The average molecular weight is 236 g/mol. The Balaban J connectivity index is 2.08. The zero-order valence-corrected chi connectivity index (χ0v) is 9.28. The van der Waals surface area contributed by atoms with Gasteiger partial charge in [-0.25, -0.2) is 9.97 Å². The molecule has 3 rings (SSSR count). The monoisotopic (exact) mass is 236 g/mol. The van der Waals surface area contributed by atoms with E-state index in [9.17, 15) is 0 Å². The predicted molar refractivity (Wildman–Crippen MR) is 65.2 cm³/mol. The maximum absolute atomic E-state index is 8.93. The summed E-state index contributed by atoms with van der Waals surface area (Å²) in [5.74, 6) is 1.42. The number of aromatic nitrogens is 4. The number of hydrogen-bond acceptors (Lipinski definition) is 5. The molecule has 0 aliphatic heterocycles. The van der Waals surface area contributed by atoms with Crippen LogP contribution in [0.2, 0.25) is 0 Å². The van der Waals surface area contributed by atoms with Gasteiger partial charge in [-0.15, -0.1) is 0 Å². The second-order valence-corrected chi connectivity index (χ2v) is 3.58. The summed E-state index contributed by atoms with van der Waals surface area (Å²) < 4.78 is 1.58. The lowest BCUT2D eigenvalue weighted by Crippen LogP contribution is -2.01. The van der Waals surface area contributed by atoms with E-state index in [4.69, 9.17) is 5.26 Å². The van der Waals surface area contributed by atoms with E-state index in [0.29, 0.717) is 22.8 Å². The van der Waals surface area contributed by atoms with E-state index in [2.05, 4.69) is 26.5 Å². The van der Waals surface area contributed by atoms with Crippen LogP contribution in [0.4, 0.5) is 11.6 Å². The van der Waals surface area contributed by atoms with Crippen molar-refractivity contribution in [3.8, 4) is 6.07 Å². The van der Waals surface area contributed by atoms with Crippen molar-refractivity contribution in [1.82, 2.24) is 19.6 Å². The van der Waals surface area contributed by atoms with Gasteiger partial charge in [0.05, 0.1) is 6.20 Å². The molecule has 0 saturated carbocycles. The van der Waals surface area contributed by atoms with Crippen LogP contribution in [0.1, 0.15) is 5.56 Å². The van der Waals surface area contributed by atoms with E-state index in [1.807, 2.05) is 18.2 Å². The summed E-state index contributed by atoms with van der Waals surface area (Å²) in [7, 11) is 0. The van der Waals surface area contributed by atoms with Crippen LogP contribution in [0.15, 0.2) is 42.9 Å². The van der Waals surface area contributed by atoms with E-state index in [-0.39, 0.29) is 0 Å². The molecule has 0 aliphatic carbocycles. The maximum atomic E-state index is 8.93. The topological polar surface area (TPSA) is 78.9 Å². The van der Waals surface area contributed by atoms with Gasteiger partial charge < -0.3 is 5.32 Å². The molecule has 0 spiro atoms. The molecule has 1 N–H and O–H groups in total. The van der Waals surface area contributed by atoms with E-state index in [0.717, 1.165) is 0 Å². The highest BCUT2D eigenvalue weighted by molar-refractivity contribution is 5.60. The fourth-order valence-electron chi connectivity index (χ4n) is 1.63. The van der Waals surface area contributed by atoms with Crippen LogP contribution in [0.5, 0.6) is 0 Å². The fourth-order valence-corrected chi connectivity index (χ4v) is 1.63. The van der Waals surface area contributed by atoms with Crippen molar-refractivity contribution in [1.29, 1.82) is 5.26 Å². The highest BCUT2D eigenvalue weighted by Crippen LogP contribution is 2.16. The molecule has 0 aliphatic rings. The van der Waals surface area contributed by atoms with Gasteiger partial charge in [-0.2, -0.15) is 14.9 Å². The third-order valence-corrected chi connectivity index (χ3v) is 2.44. The summed E-state index contributed by atoms with van der Waals surface area (Å²) in [6, 6.07) is 9.40. The molecule has 0 amide bonds. The number of pyridine rings is 1. The minimum absolute atomic E-state index is 0.444. The summed E-state index contributed by atoms with van der Waals surface area (Å²) in [4.78, 5) is 8.30. The van der Waals surface area contributed by atoms with Gasteiger partial charge in [0, 0.05) is 12.4 Å². The first kappa shape index (κ1) is 10.2. The molecular weight excluding hydrogens is 228 g/mol. The molecule has 0 bridgehead atoms. The van der Waals surface area contributed by atoms with Crippen molar-refractivity contribution in [2.75, 3.05) is 5.32 Å². The van der Waals surface area contributed by atoms with Gasteiger partial charge in [0.2, 0.25) is 0 Å². The van der Waals surface area contributed by atoms with Crippen LogP contribution in [0.3, 0.4) is 0 Å². The van der Waals surface area contributed by atoms with Crippen molar-refractivity contribution < 1.29 is 0 Å². The maximum Gasteiger partial charge on any atom is 0.175 e. The largest absolute Gasteiger partial charge is 0.325 e. The van der Waals surface area contributed by atoms with Crippen molar-refractivity contribution >= 4 is 17.3 Å². The number of fused-ring (bicyclic) bond motifs is 1. The van der Waals surface area contributed by atoms with Crippen molar-refractivity contribution in [3.05, 3.63) is 48.4 Å². The number of anilines is 2. The Labute approximate surface area is 103 Å². The molecule has 0 radical (unpaired) electrons. The minimum Gasteiger partial charge on any atom is -0.325 e. The Kier molecular flexibility index (Phi) is 2.35. The average Bonchev–Trinajstić information content (AvgIpc) is 2.84. The zero-order chi connectivity index (χ0) is 12.4. The first-order valence-electron chi connectivity index (χ1n) is 5.29. The van der Waals surface area contributed by atoms with Crippen LogP contribution >= 0.6 is 0 Å². The standard InChI is InChI=1S/C12H8N6/c13-7-9-8-16-18-11(4-6-15-12(9)18)17-10-3-1-2-5-14-10/h1-6,8H,(H,14,17). The van der Waals surface area contributed by atoms with Crippen LogP contribution < -0.4 is 5.32 Å². The summed E-state index contributed by atoms with van der Waals surface area (Å²) in [6.45, 7) is 0. The van der Waals surface area contributed by atoms with Gasteiger partial charge in [-0.3, -0.25) is 0 Å². The van der Waals surface area contributed by atoms with Crippen molar-refractivity contribution in [2.45, 2.75) is 0 Å². The SMILES string of the molecule is N#Cc1cnn2c(Nc3ccccn3)ccnc12. The molecule has 18 heavy (non-hydrogen) atoms. The number of nitrogens with one attached hydrogen (secondary N) is 1. The van der Waals surface area contributed by atoms with Gasteiger partial charge >= 0.3 is 0 Å². The van der Waals surface area contributed by atoms with E-state index in [1.54, 1.807) is 23.0 Å². The minimum atomic E-state index is 0.444. The normalized spacial score (nSPS) is 10.2. The summed E-state index contributed by atoms with van der Waals surface area (Å²) in [6.07, 6.45) is 4.82. The molecule has 3 heterocycles. The molecule has 0 aromatic carbocycles. The van der Waals surface area contributed by atoms with Crippen LogP contribution in [-0.2, 0) is 0 Å². The quantitative estimate of drug-likeness (QED) is 0.733. The van der Waals surface area contributed by atoms with Crippen LogP contribution in [0, 0.1) is 11.3 Å². The second kappa shape index (κ2) is 4.14. The summed E-state index contributed by atoms with van der Waals surface area (Å²) in [5, 5.41) is 16.2. The van der Waals surface area contributed by atoms with Gasteiger partial charge in [0.1, 0.15) is 23.3 Å². The summed E-state index contributed by atoms with van der Waals surface area (Å²) >= 11 is 0. The van der Waals surface area contributed by atoms with Gasteiger partial charge in [0.15, 0.2) is 5.65 Å². The molecule has 0 fully saturated rings. The van der Waals surface area contributed by atoms with E-state index < -0.39 is 0 Å². The van der Waals surface area contributed by atoms with Crippen LogP contribution in [0.25, 0.3) is 5.65 Å². The lowest BCUT2D eigenvalue weighted by molar-refractivity contribution is 0.945. The molecular formula is C12H8N6. The van der Waals surface area contributed by atoms with Crippen LogP contribution in [-0.4, -0.2) is 19.6 Å². The molecule has 3 aromatic rings. The third kappa shape index (κ3) is 1.64. The number of nitriles is 1. The Bertz CT molecular complexity index is 725. The highest BCUT2D eigenvalue weighted by atomic mass is 15.3. The molecule has 6 heteroatoms. The van der Waals surface area contributed by atoms with Gasteiger partial charge in [-0.05, 0) is 18.2 Å². The zero-order valence-electron chi connectivity index (χ0n) is 9.28. The molecule has 86 valence electrons. The lowest BCUT2D eigenvalue weighted by Gasteiger charge is -2.06. The molecule has 0 unspecified atom stereocenters. The molecule has 6 nitrogen and oxygen atoms in total. The summed E-state index contributed by atoms with van der Waals surface area (Å²) in [5.41, 5.74) is 0.970. The Hall–Kier alpha value is -2.94. The first-order chi connectivity index (χ1) is 8.88. The van der Waals surface area contributed by atoms with Crippen molar-refractivity contribution in [3.63, 3.8) is 0 Å². The number of nitrogens with zero attached hydrogens (tertiary/aromatic N) is 5. The number of hydrogen-bond donors (Lipinski definition) is 1. The van der Waals surface area contributed by atoms with E-state index >= 15 is 0 Å². The van der Waals surface area contributed by atoms with Gasteiger partial charge in [0.25, 0.3) is 0 Å². The molecule has 0 saturated heterocycles. The Morgan fingerprint density at radius 1 is 1.17 bits per heavy atom. The molecule has 3 aromatic heterocycles. The second-order valence-electron chi connectivity index (χ2n) is 3.58. The Morgan fingerprint density at radius 2 is 2.11 bits per heavy atom. The van der Waals surface area contributed by atoms with Crippen molar-refractivity contribution in [2.24, 2.45) is 0 Å². The lowest BCUT2D eigenvalue weighted by atomic mass is 10.4. The smallest absolute Gasteiger partial charge is 0.175 e. The van der Waals surface area contributed by atoms with E-state index in [1.165, 1.54) is 6.20 Å². The first-order valence-corrected chi connectivity index (χ1v) is 5.29. The Morgan fingerprint density at radius 3 is 2.89 bits per heavy atom. The van der Waals surface area contributed by atoms with Gasteiger partial charge in [-0.1, -0.05) is 6.07 Å². The number of rotatable bonds is 2. The predicted octanol–water partition coefficient (Wildman–Crippen LogP) is 1.74. The molecule has 0 atom stereocenters. The third-order valence-electron chi connectivity index (χ3n) is 2.44. The fraction of sp³-hybridized carbons (Fsp3) is 0. The highest BCUT2D eigenvalue weighted by Gasteiger charge is 2.08.